The topological polar surface area (TPSA) is 66.4 Å². The molecule has 0 aliphatic carbocycles. The summed E-state index contributed by atoms with van der Waals surface area (Å²) >= 11 is 0. The van der Waals surface area contributed by atoms with E-state index in [2.05, 4.69) is 4.72 Å². The zero-order chi connectivity index (χ0) is 11.2. The van der Waals surface area contributed by atoms with Gasteiger partial charge >= 0.3 is 0 Å². The molecule has 0 amide bonds. The van der Waals surface area contributed by atoms with Crippen LogP contribution in [0.5, 0.6) is 0 Å². The van der Waals surface area contributed by atoms with Gasteiger partial charge in [-0.05, 0) is 25.2 Å². The molecular formula is C9H21NO3S. The second-order valence-electron chi connectivity index (χ2n) is 4.22. The number of hydrogen-bond acceptors (Lipinski definition) is 3. The van der Waals surface area contributed by atoms with Gasteiger partial charge in [0.05, 0.1) is 5.75 Å². The summed E-state index contributed by atoms with van der Waals surface area (Å²) in [4.78, 5) is 0. The standard InChI is InChI=1S/C9H21NO3S/c1-4-14(12,13)10-8-9(2,3)6-5-7-11/h10-11H,4-8H2,1-3H3. The number of aliphatic hydroxyl groups excluding tert-OH is 1. The lowest BCUT2D eigenvalue weighted by Crippen LogP contribution is -2.35. The number of rotatable bonds is 7. The maximum Gasteiger partial charge on any atom is 0.211 e. The Bertz CT molecular complexity index is 247. The highest BCUT2D eigenvalue weighted by Gasteiger charge is 2.19. The molecule has 0 bridgehead atoms. The number of sulfonamides is 1. The van der Waals surface area contributed by atoms with Gasteiger partial charge in [-0.15, -0.1) is 0 Å². The average molecular weight is 223 g/mol. The molecular weight excluding hydrogens is 202 g/mol. The summed E-state index contributed by atoms with van der Waals surface area (Å²) in [5.41, 5.74) is -0.0923. The molecule has 5 heteroatoms. The van der Waals surface area contributed by atoms with Crippen LogP contribution in [0.3, 0.4) is 0 Å². The highest BCUT2D eigenvalue weighted by Crippen LogP contribution is 2.20. The molecule has 0 aromatic rings. The number of nitrogens with one attached hydrogen (secondary N) is 1. The van der Waals surface area contributed by atoms with Crippen LogP contribution >= 0.6 is 0 Å². The Morgan fingerprint density at radius 1 is 1.36 bits per heavy atom. The Kier molecular flexibility index (Phi) is 5.63. The lowest BCUT2D eigenvalue weighted by atomic mass is 9.88. The monoisotopic (exact) mass is 223 g/mol. The van der Waals surface area contributed by atoms with Crippen LogP contribution in [0.15, 0.2) is 0 Å². The first-order chi connectivity index (χ1) is 6.33. The van der Waals surface area contributed by atoms with E-state index < -0.39 is 10.0 Å². The van der Waals surface area contributed by atoms with Gasteiger partial charge in [0.2, 0.25) is 10.0 Å². The molecule has 86 valence electrons. The molecule has 0 atom stereocenters. The first kappa shape index (κ1) is 13.9. The molecule has 0 aliphatic heterocycles. The van der Waals surface area contributed by atoms with Crippen LogP contribution in [0, 0.1) is 5.41 Å². The van der Waals surface area contributed by atoms with E-state index in [4.69, 9.17) is 5.11 Å². The van der Waals surface area contributed by atoms with E-state index in [1.165, 1.54) is 0 Å². The Balaban J connectivity index is 3.98. The molecule has 0 aromatic carbocycles. The first-order valence-electron chi connectivity index (χ1n) is 4.91. The van der Waals surface area contributed by atoms with Gasteiger partial charge in [-0.25, -0.2) is 13.1 Å². The number of aliphatic hydroxyl groups is 1. The molecule has 0 radical (unpaired) electrons. The molecule has 0 spiro atoms. The van der Waals surface area contributed by atoms with E-state index in [9.17, 15) is 8.42 Å². The largest absolute Gasteiger partial charge is 0.396 e. The molecule has 0 saturated carbocycles. The van der Waals surface area contributed by atoms with Crippen LogP contribution in [-0.2, 0) is 10.0 Å². The molecule has 0 heterocycles. The maximum absolute atomic E-state index is 11.2. The fourth-order valence-electron chi connectivity index (χ4n) is 1.05. The van der Waals surface area contributed by atoms with E-state index in [1.807, 2.05) is 13.8 Å². The summed E-state index contributed by atoms with van der Waals surface area (Å²) in [5.74, 6) is 0.114. The highest BCUT2D eigenvalue weighted by atomic mass is 32.2. The van der Waals surface area contributed by atoms with Crippen LogP contribution in [0.1, 0.15) is 33.6 Å². The summed E-state index contributed by atoms with van der Waals surface area (Å²) in [6, 6.07) is 0. The fraction of sp³-hybridized carbons (Fsp3) is 1.00. The van der Waals surface area contributed by atoms with Crippen molar-refractivity contribution in [2.75, 3.05) is 18.9 Å². The Hall–Kier alpha value is -0.130. The molecule has 2 N–H and O–H groups in total. The summed E-state index contributed by atoms with van der Waals surface area (Å²) in [5, 5.41) is 8.67. The zero-order valence-corrected chi connectivity index (χ0v) is 10.0. The highest BCUT2D eigenvalue weighted by molar-refractivity contribution is 7.89. The lowest BCUT2D eigenvalue weighted by Gasteiger charge is -2.24. The third-order valence-corrected chi connectivity index (χ3v) is 3.51. The Morgan fingerprint density at radius 3 is 2.36 bits per heavy atom. The number of hydrogen-bond donors (Lipinski definition) is 2. The van der Waals surface area contributed by atoms with E-state index in [0.717, 1.165) is 6.42 Å². The molecule has 0 aromatic heterocycles. The molecule has 0 saturated heterocycles. The summed E-state index contributed by atoms with van der Waals surface area (Å²) < 4.78 is 24.9. The van der Waals surface area contributed by atoms with Gasteiger partial charge in [-0.1, -0.05) is 13.8 Å². The zero-order valence-electron chi connectivity index (χ0n) is 9.21. The van der Waals surface area contributed by atoms with Crippen molar-refractivity contribution in [1.29, 1.82) is 0 Å². The molecule has 4 nitrogen and oxygen atoms in total. The Labute approximate surface area is 86.8 Å². The van der Waals surface area contributed by atoms with Crippen molar-refractivity contribution in [2.45, 2.75) is 33.6 Å². The Morgan fingerprint density at radius 2 is 1.93 bits per heavy atom. The summed E-state index contributed by atoms with van der Waals surface area (Å²) in [6.07, 6.45) is 1.52. The lowest BCUT2D eigenvalue weighted by molar-refractivity contribution is 0.242. The van der Waals surface area contributed by atoms with Crippen LogP contribution < -0.4 is 4.72 Å². The van der Waals surface area contributed by atoms with Gasteiger partial charge in [0.1, 0.15) is 0 Å². The minimum absolute atomic E-state index is 0.0923. The van der Waals surface area contributed by atoms with E-state index in [-0.39, 0.29) is 17.8 Å². The van der Waals surface area contributed by atoms with Crippen molar-refractivity contribution >= 4 is 10.0 Å². The smallest absolute Gasteiger partial charge is 0.211 e. The fourth-order valence-corrected chi connectivity index (χ4v) is 1.87. The van der Waals surface area contributed by atoms with E-state index >= 15 is 0 Å². The van der Waals surface area contributed by atoms with Crippen LogP contribution in [0.2, 0.25) is 0 Å². The van der Waals surface area contributed by atoms with Gasteiger partial charge in [-0.3, -0.25) is 0 Å². The second-order valence-corrected chi connectivity index (χ2v) is 6.31. The molecule has 0 aliphatic rings. The minimum Gasteiger partial charge on any atom is -0.396 e. The third-order valence-electron chi connectivity index (χ3n) is 2.16. The predicted octanol–water partition coefficient (Wildman–Crippen LogP) is 0.724. The summed E-state index contributed by atoms with van der Waals surface area (Å²) in [6.45, 7) is 6.18. The maximum atomic E-state index is 11.2. The molecule has 14 heavy (non-hydrogen) atoms. The van der Waals surface area contributed by atoms with Crippen LogP contribution in [0.4, 0.5) is 0 Å². The molecule has 0 unspecified atom stereocenters. The van der Waals surface area contributed by atoms with Gasteiger partial charge in [0.15, 0.2) is 0 Å². The SMILES string of the molecule is CCS(=O)(=O)NCC(C)(C)CCCO. The predicted molar refractivity (Wildman–Crippen MR) is 57.6 cm³/mol. The second kappa shape index (κ2) is 5.68. The van der Waals surface area contributed by atoms with Gasteiger partial charge in [-0.2, -0.15) is 0 Å². The van der Waals surface area contributed by atoms with Crippen molar-refractivity contribution in [3.63, 3.8) is 0 Å². The molecule has 0 fully saturated rings. The minimum atomic E-state index is -3.09. The average Bonchev–Trinajstić information content (AvgIpc) is 2.12. The van der Waals surface area contributed by atoms with Gasteiger partial charge in [0, 0.05) is 13.2 Å². The normalized spacial score (nSPS) is 13.1. The summed E-state index contributed by atoms with van der Waals surface area (Å²) in [7, 11) is -3.09. The molecule has 0 rings (SSSR count). The van der Waals surface area contributed by atoms with Gasteiger partial charge in [0.25, 0.3) is 0 Å². The van der Waals surface area contributed by atoms with Crippen molar-refractivity contribution in [3.8, 4) is 0 Å². The van der Waals surface area contributed by atoms with Crippen molar-refractivity contribution in [2.24, 2.45) is 5.41 Å². The quantitative estimate of drug-likeness (QED) is 0.668. The van der Waals surface area contributed by atoms with Gasteiger partial charge < -0.3 is 5.11 Å². The van der Waals surface area contributed by atoms with Crippen LogP contribution in [0.25, 0.3) is 0 Å². The van der Waals surface area contributed by atoms with E-state index in [1.54, 1.807) is 6.92 Å². The van der Waals surface area contributed by atoms with Crippen molar-refractivity contribution < 1.29 is 13.5 Å². The van der Waals surface area contributed by atoms with Crippen molar-refractivity contribution in [1.82, 2.24) is 4.72 Å². The van der Waals surface area contributed by atoms with Crippen molar-refractivity contribution in [3.05, 3.63) is 0 Å². The first-order valence-corrected chi connectivity index (χ1v) is 6.56. The third kappa shape index (κ3) is 6.34. The van der Waals surface area contributed by atoms with E-state index in [0.29, 0.717) is 13.0 Å². The van der Waals surface area contributed by atoms with Crippen LogP contribution in [-0.4, -0.2) is 32.4 Å².